The van der Waals surface area contributed by atoms with E-state index in [9.17, 15) is 9.18 Å². The fourth-order valence-electron chi connectivity index (χ4n) is 2.35. The number of rotatable bonds is 4. The molecule has 1 saturated carbocycles. The van der Waals surface area contributed by atoms with E-state index in [2.05, 4.69) is 10.4 Å². The molecule has 6 heteroatoms. The fraction of sp³-hybridized carbons (Fsp3) is 0.176. The summed E-state index contributed by atoms with van der Waals surface area (Å²) in [7, 11) is 0. The Bertz CT molecular complexity index is 833. The highest BCUT2D eigenvalue weighted by atomic mass is 19.1. The molecule has 1 N–H and O–H groups in total. The lowest BCUT2D eigenvalue weighted by molar-refractivity contribution is 0.0943. The van der Waals surface area contributed by atoms with Crippen LogP contribution in [0.1, 0.15) is 23.3 Å². The molecule has 0 radical (unpaired) electrons. The number of hydrogen-bond donors (Lipinski definition) is 1. The first-order valence-electron chi connectivity index (χ1n) is 7.41. The summed E-state index contributed by atoms with van der Waals surface area (Å²) in [5, 5.41) is 7.39. The number of carbonyl (C=O) groups is 1. The first kappa shape index (κ1) is 13.8. The van der Waals surface area contributed by atoms with Gasteiger partial charge in [0.1, 0.15) is 17.2 Å². The Morgan fingerprint density at radius 3 is 2.70 bits per heavy atom. The smallest absolute Gasteiger partial charge is 0.270 e. The number of halogens is 1. The molecule has 5 nitrogen and oxygen atoms in total. The Hall–Kier alpha value is -2.89. The van der Waals surface area contributed by atoms with Crippen molar-refractivity contribution in [1.82, 2.24) is 15.1 Å². The van der Waals surface area contributed by atoms with E-state index in [1.165, 1.54) is 16.8 Å². The minimum Gasteiger partial charge on any atom is -0.463 e. The van der Waals surface area contributed by atoms with E-state index in [1.54, 1.807) is 36.6 Å². The van der Waals surface area contributed by atoms with Crippen molar-refractivity contribution in [3.8, 4) is 17.1 Å². The van der Waals surface area contributed by atoms with Gasteiger partial charge in [-0.1, -0.05) is 0 Å². The molecule has 1 aliphatic carbocycles. The van der Waals surface area contributed by atoms with Crippen LogP contribution in [0.3, 0.4) is 0 Å². The monoisotopic (exact) mass is 311 g/mol. The number of furan rings is 1. The van der Waals surface area contributed by atoms with E-state index >= 15 is 0 Å². The Morgan fingerprint density at radius 2 is 2.04 bits per heavy atom. The number of carbonyl (C=O) groups excluding carboxylic acids is 1. The summed E-state index contributed by atoms with van der Waals surface area (Å²) in [5.74, 6) is 0.0459. The van der Waals surface area contributed by atoms with Crippen LogP contribution in [0.2, 0.25) is 0 Å². The van der Waals surface area contributed by atoms with Gasteiger partial charge >= 0.3 is 0 Å². The van der Waals surface area contributed by atoms with Crippen molar-refractivity contribution in [2.45, 2.75) is 18.9 Å². The largest absolute Gasteiger partial charge is 0.463 e. The number of benzene rings is 1. The number of aromatic nitrogens is 2. The average Bonchev–Trinajstić information content (AvgIpc) is 3.06. The lowest BCUT2D eigenvalue weighted by Gasteiger charge is -2.07. The topological polar surface area (TPSA) is 60.1 Å². The second-order valence-electron chi connectivity index (χ2n) is 5.53. The predicted octanol–water partition coefficient (Wildman–Crippen LogP) is 3.16. The van der Waals surface area contributed by atoms with Crippen LogP contribution >= 0.6 is 0 Å². The normalized spacial score (nSPS) is 14.0. The maximum atomic E-state index is 13.1. The number of nitrogens with zero attached hydrogens (tertiary/aromatic N) is 2. The van der Waals surface area contributed by atoms with E-state index in [4.69, 9.17) is 4.42 Å². The van der Waals surface area contributed by atoms with Crippen molar-refractivity contribution in [3.05, 3.63) is 60.2 Å². The molecule has 3 aromatic rings. The van der Waals surface area contributed by atoms with Crippen molar-refractivity contribution in [2.24, 2.45) is 0 Å². The molecule has 1 fully saturated rings. The molecule has 0 saturated heterocycles. The lowest BCUT2D eigenvalue weighted by Crippen LogP contribution is -2.27. The SMILES string of the molecule is O=C(NC1CC1)c1cc(-c2ccco2)nn1-c1ccc(F)cc1. The summed E-state index contributed by atoms with van der Waals surface area (Å²) in [5.41, 5.74) is 1.57. The van der Waals surface area contributed by atoms with Gasteiger partial charge in [-0.2, -0.15) is 5.10 Å². The van der Waals surface area contributed by atoms with E-state index in [-0.39, 0.29) is 17.8 Å². The highest BCUT2D eigenvalue weighted by Gasteiger charge is 2.26. The van der Waals surface area contributed by atoms with Crippen LogP contribution in [-0.4, -0.2) is 21.7 Å². The van der Waals surface area contributed by atoms with Gasteiger partial charge in [0.25, 0.3) is 5.91 Å². The van der Waals surface area contributed by atoms with E-state index < -0.39 is 0 Å². The van der Waals surface area contributed by atoms with Gasteiger partial charge in [-0.25, -0.2) is 9.07 Å². The van der Waals surface area contributed by atoms with Crippen LogP contribution in [0.15, 0.2) is 53.1 Å². The maximum absolute atomic E-state index is 13.1. The van der Waals surface area contributed by atoms with Crippen LogP contribution in [0.25, 0.3) is 17.1 Å². The van der Waals surface area contributed by atoms with E-state index in [0.717, 1.165) is 12.8 Å². The molecular weight excluding hydrogens is 297 g/mol. The highest BCUT2D eigenvalue weighted by Crippen LogP contribution is 2.24. The van der Waals surface area contributed by atoms with Crippen molar-refractivity contribution >= 4 is 5.91 Å². The molecule has 4 rings (SSSR count). The molecule has 116 valence electrons. The van der Waals surface area contributed by atoms with Crippen LogP contribution < -0.4 is 5.32 Å². The Morgan fingerprint density at radius 1 is 1.26 bits per heavy atom. The quantitative estimate of drug-likeness (QED) is 0.805. The summed E-state index contributed by atoms with van der Waals surface area (Å²) in [6.45, 7) is 0. The molecule has 0 atom stereocenters. The van der Waals surface area contributed by atoms with Crippen molar-refractivity contribution in [2.75, 3.05) is 0 Å². The van der Waals surface area contributed by atoms with Gasteiger partial charge in [0.05, 0.1) is 12.0 Å². The summed E-state index contributed by atoms with van der Waals surface area (Å²) >= 11 is 0. The molecule has 0 spiro atoms. The fourth-order valence-corrected chi connectivity index (χ4v) is 2.35. The second-order valence-corrected chi connectivity index (χ2v) is 5.53. The van der Waals surface area contributed by atoms with Gasteiger partial charge in [-0.15, -0.1) is 0 Å². The highest BCUT2D eigenvalue weighted by molar-refractivity contribution is 5.94. The molecule has 0 bridgehead atoms. The summed E-state index contributed by atoms with van der Waals surface area (Å²) in [6, 6.07) is 11.3. The third kappa shape index (κ3) is 2.75. The van der Waals surface area contributed by atoms with Gasteiger partial charge < -0.3 is 9.73 Å². The van der Waals surface area contributed by atoms with Crippen LogP contribution in [0.4, 0.5) is 4.39 Å². The Labute approximate surface area is 131 Å². The van der Waals surface area contributed by atoms with Crippen molar-refractivity contribution < 1.29 is 13.6 Å². The Kier molecular flexibility index (Phi) is 3.22. The van der Waals surface area contributed by atoms with Gasteiger partial charge in [0.15, 0.2) is 5.76 Å². The molecule has 1 aromatic carbocycles. The third-order valence-corrected chi connectivity index (χ3v) is 3.70. The molecule has 2 heterocycles. The van der Waals surface area contributed by atoms with Gasteiger partial charge in [0, 0.05) is 12.1 Å². The maximum Gasteiger partial charge on any atom is 0.270 e. The first-order chi connectivity index (χ1) is 11.2. The molecule has 1 amide bonds. The molecule has 0 unspecified atom stereocenters. The minimum absolute atomic E-state index is 0.192. The van der Waals surface area contributed by atoms with Crippen LogP contribution in [-0.2, 0) is 0 Å². The number of hydrogen-bond acceptors (Lipinski definition) is 3. The number of amides is 1. The molecule has 2 aromatic heterocycles. The van der Waals surface area contributed by atoms with Crippen molar-refractivity contribution in [1.29, 1.82) is 0 Å². The summed E-state index contributed by atoms with van der Waals surface area (Å²) in [4.78, 5) is 12.5. The summed E-state index contributed by atoms with van der Waals surface area (Å²) < 4.78 is 20.0. The van der Waals surface area contributed by atoms with Crippen LogP contribution in [0, 0.1) is 5.82 Å². The van der Waals surface area contributed by atoms with Crippen molar-refractivity contribution in [3.63, 3.8) is 0 Å². The van der Waals surface area contributed by atoms with Gasteiger partial charge in [-0.05, 0) is 49.2 Å². The van der Waals surface area contributed by atoms with E-state index in [1.807, 2.05) is 0 Å². The van der Waals surface area contributed by atoms with E-state index in [0.29, 0.717) is 22.8 Å². The standard InChI is InChI=1S/C17H14FN3O2/c18-11-3-7-13(8-4-11)21-15(17(22)19-12-5-6-12)10-14(20-21)16-2-1-9-23-16/h1-4,7-10,12H,5-6H2,(H,19,22). The third-order valence-electron chi connectivity index (χ3n) is 3.70. The minimum atomic E-state index is -0.337. The average molecular weight is 311 g/mol. The zero-order chi connectivity index (χ0) is 15.8. The Balaban J connectivity index is 1.77. The number of nitrogens with one attached hydrogen (secondary N) is 1. The zero-order valence-electron chi connectivity index (χ0n) is 12.2. The molecule has 1 aliphatic rings. The van der Waals surface area contributed by atoms with Crippen LogP contribution in [0.5, 0.6) is 0 Å². The first-order valence-corrected chi connectivity index (χ1v) is 7.41. The summed E-state index contributed by atoms with van der Waals surface area (Å²) in [6.07, 6.45) is 3.55. The molecule has 23 heavy (non-hydrogen) atoms. The lowest BCUT2D eigenvalue weighted by atomic mass is 10.2. The molecule has 0 aliphatic heterocycles. The zero-order valence-corrected chi connectivity index (χ0v) is 12.2. The van der Waals surface area contributed by atoms with Gasteiger partial charge in [-0.3, -0.25) is 4.79 Å². The molecular formula is C17H14FN3O2. The predicted molar refractivity (Wildman–Crippen MR) is 81.7 cm³/mol. The second kappa shape index (κ2) is 5.39. The van der Waals surface area contributed by atoms with Gasteiger partial charge in [0.2, 0.25) is 0 Å².